The first kappa shape index (κ1) is 10.2. The number of hydrogen-bond donors (Lipinski definition) is 4. The van der Waals surface area contributed by atoms with E-state index >= 15 is 0 Å². The molecule has 0 bridgehead atoms. The lowest BCUT2D eigenvalue weighted by molar-refractivity contribution is -0.121. The van der Waals surface area contributed by atoms with Crippen molar-refractivity contribution in [2.45, 2.75) is 31.3 Å². The van der Waals surface area contributed by atoms with Crippen LogP contribution in [0.2, 0.25) is 0 Å². The molecule has 4 N–H and O–H groups in total. The number of carbonyl (C=O) groups excluding carboxylic acids is 1. The van der Waals surface area contributed by atoms with Crippen LogP contribution in [0.4, 0.5) is 0 Å². The Balaban J connectivity index is 2.66. The van der Waals surface area contributed by atoms with Crippen LogP contribution < -0.4 is 5.32 Å². The summed E-state index contributed by atoms with van der Waals surface area (Å²) in [5.74, 6) is -0.294. The van der Waals surface area contributed by atoms with Crippen molar-refractivity contribution in [3.63, 3.8) is 0 Å². The predicted octanol–water partition coefficient (Wildman–Crippen LogP) is -1.86. The summed E-state index contributed by atoms with van der Waals surface area (Å²) in [5, 5.41) is 30.1. The van der Waals surface area contributed by atoms with Gasteiger partial charge in [-0.1, -0.05) is 12.2 Å². The zero-order valence-electron chi connectivity index (χ0n) is 7.21. The van der Waals surface area contributed by atoms with Crippen LogP contribution in [0.5, 0.6) is 0 Å². The molecule has 74 valence electrons. The highest BCUT2D eigenvalue weighted by Crippen LogP contribution is 2.13. The quantitative estimate of drug-likeness (QED) is 0.362. The second-order valence-corrected chi connectivity index (χ2v) is 3.08. The molecule has 1 amide bonds. The van der Waals surface area contributed by atoms with Gasteiger partial charge in [0.25, 0.3) is 0 Å². The van der Waals surface area contributed by atoms with E-state index in [1.54, 1.807) is 0 Å². The van der Waals surface area contributed by atoms with Crippen LogP contribution in [0.25, 0.3) is 0 Å². The van der Waals surface area contributed by atoms with Crippen molar-refractivity contribution in [1.82, 2.24) is 5.32 Å². The molecule has 0 aromatic heterocycles. The van der Waals surface area contributed by atoms with Crippen molar-refractivity contribution in [1.29, 1.82) is 0 Å². The van der Waals surface area contributed by atoms with Gasteiger partial charge in [0, 0.05) is 6.92 Å². The Kier molecular flexibility index (Phi) is 3.02. The summed E-state index contributed by atoms with van der Waals surface area (Å²) in [4.78, 5) is 10.6. The standard InChI is InChI=1S/C8H13NO4/c1-4(10)9-5-2-3-6(11)8(13)7(5)12/h2-3,5-8,11-13H,1H3,(H,9,10)/t5-,6+,7+,8-/m1/s1. The van der Waals surface area contributed by atoms with E-state index in [1.807, 2.05) is 0 Å². The molecule has 5 heteroatoms. The van der Waals surface area contributed by atoms with Gasteiger partial charge in [-0.2, -0.15) is 0 Å². The van der Waals surface area contributed by atoms with E-state index in [4.69, 9.17) is 5.11 Å². The van der Waals surface area contributed by atoms with Crippen LogP contribution in [0.15, 0.2) is 12.2 Å². The van der Waals surface area contributed by atoms with Crippen LogP contribution in [-0.4, -0.2) is 45.6 Å². The zero-order chi connectivity index (χ0) is 10.0. The molecular formula is C8H13NO4. The van der Waals surface area contributed by atoms with E-state index in [-0.39, 0.29) is 5.91 Å². The SMILES string of the molecule is CC(=O)N[C@@H]1C=C[C@H](O)[C@@H](O)[C@H]1O. The summed E-state index contributed by atoms with van der Waals surface area (Å²) in [5.41, 5.74) is 0. The first-order valence-electron chi connectivity index (χ1n) is 4.02. The predicted molar refractivity (Wildman–Crippen MR) is 44.8 cm³/mol. The topological polar surface area (TPSA) is 89.8 Å². The van der Waals surface area contributed by atoms with E-state index in [0.717, 1.165) is 0 Å². The average Bonchev–Trinajstić information content (AvgIpc) is 2.06. The Bertz CT molecular complexity index is 228. The maximum Gasteiger partial charge on any atom is 0.217 e. The maximum absolute atomic E-state index is 10.6. The molecule has 0 unspecified atom stereocenters. The van der Waals surface area contributed by atoms with Crippen LogP contribution in [0.3, 0.4) is 0 Å². The molecule has 5 nitrogen and oxygen atoms in total. The highest BCUT2D eigenvalue weighted by Gasteiger charge is 2.32. The van der Waals surface area contributed by atoms with Gasteiger partial charge in [-0.15, -0.1) is 0 Å². The molecule has 1 aliphatic rings. The molecule has 0 aliphatic heterocycles. The molecule has 0 radical (unpaired) electrons. The van der Waals surface area contributed by atoms with Crippen molar-refractivity contribution in [3.05, 3.63) is 12.2 Å². The van der Waals surface area contributed by atoms with Gasteiger partial charge in [0.2, 0.25) is 5.91 Å². The van der Waals surface area contributed by atoms with Gasteiger partial charge in [-0.25, -0.2) is 0 Å². The van der Waals surface area contributed by atoms with Crippen molar-refractivity contribution < 1.29 is 20.1 Å². The minimum atomic E-state index is -1.25. The Hall–Kier alpha value is -0.910. The number of amides is 1. The van der Waals surface area contributed by atoms with E-state index in [1.165, 1.54) is 19.1 Å². The number of nitrogens with one attached hydrogen (secondary N) is 1. The number of rotatable bonds is 1. The summed E-state index contributed by atoms with van der Waals surface area (Å²) < 4.78 is 0. The molecule has 0 saturated carbocycles. The summed E-state index contributed by atoms with van der Waals surface area (Å²) in [6.45, 7) is 1.32. The first-order chi connectivity index (χ1) is 6.02. The minimum absolute atomic E-state index is 0.294. The Morgan fingerprint density at radius 2 is 1.85 bits per heavy atom. The smallest absolute Gasteiger partial charge is 0.217 e. The van der Waals surface area contributed by atoms with E-state index in [2.05, 4.69) is 5.32 Å². The summed E-state index contributed by atoms with van der Waals surface area (Å²) in [6.07, 6.45) is -0.674. The van der Waals surface area contributed by atoms with Gasteiger partial charge in [0.15, 0.2) is 0 Å². The lowest BCUT2D eigenvalue weighted by Crippen LogP contribution is -2.52. The summed E-state index contributed by atoms with van der Waals surface area (Å²) >= 11 is 0. The fourth-order valence-electron chi connectivity index (χ4n) is 1.24. The molecule has 0 saturated heterocycles. The van der Waals surface area contributed by atoms with Crippen LogP contribution in [-0.2, 0) is 4.79 Å². The third kappa shape index (κ3) is 2.27. The molecule has 0 fully saturated rings. The highest BCUT2D eigenvalue weighted by molar-refractivity contribution is 5.73. The van der Waals surface area contributed by atoms with Crippen molar-refractivity contribution in [2.75, 3.05) is 0 Å². The minimum Gasteiger partial charge on any atom is -0.388 e. The Labute approximate surface area is 75.7 Å². The van der Waals surface area contributed by atoms with Crippen LogP contribution in [0.1, 0.15) is 6.92 Å². The molecule has 4 atom stereocenters. The van der Waals surface area contributed by atoms with Gasteiger partial charge < -0.3 is 20.6 Å². The molecule has 0 spiro atoms. The van der Waals surface area contributed by atoms with Gasteiger partial charge in [0.05, 0.1) is 6.04 Å². The number of aliphatic hydroxyl groups is 3. The third-order valence-electron chi connectivity index (χ3n) is 1.95. The van der Waals surface area contributed by atoms with E-state index in [9.17, 15) is 15.0 Å². The second-order valence-electron chi connectivity index (χ2n) is 3.08. The zero-order valence-corrected chi connectivity index (χ0v) is 7.21. The lowest BCUT2D eigenvalue weighted by Gasteiger charge is -2.30. The Morgan fingerprint density at radius 3 is 2.38 bits per heavy atom. The largest absolute Gasteiger partial charge is 0.388 e. The van der Waals surface area contributed by atoms with E-state index < -0.39 is 24.4 Å². The second kappa shape index (κ2) is 3.87. The average molecular weight is 187 g/mol. The number of hydrogen-bond acceptors (Lipinski definition) is 4. The normalized spacial score (nSPS) is 38.8. The Morgan fingerprint density at radius 1 is 1.23 bits per heavy atom. The molecule has 0 heterocycles. The molecular weight excluding hydrogens is 174 g/mol. The van der Waals surface area contributed by atoms with Gasteiger partial charge in [-0.3, -0.25) is 4.79 Å². The number of carbonyl (C=O) groups is 1. The van der Waals surface area contributed by atoms with Crippen LogP contribution >= 0.6 is 0 Å². The lowest BCUT2D eigenvalue weighted by atomic mass is 9.94. The summed E-state index contributed by atoms with van der Waals surface area (Å²) in [7, 11) is 0. The molecule has 1 aliphatic carbocycles. The highest BCUT2D eigenvalue weighted by atomic mass is 16.4. The monoisotopic (exact) mass is 187 g/mol. The maximum atomic E-state index is 10.6. The number of aliphatic hydroxyl groups excluding tert-OH is 3. The van der Waals surface area contributed by atoms with Gasteiger partial charge >= 0.3 is 0 Å². The van der Waals surface area contributed by atoms with Gasteiger partial charge in [-0.05, 0) is 0 Å². The fraction of sp³-hybridized carbons (Fsp3) is 0.625. The molecule has 13 heavy (non-hydrogen) atoms. The van der Waals surface area contributed by atoms with Crippen LogP contribution in [0, 0.1) is 0 Å². The third-order valence-corrected chi connectivity index (χ3v) is 1.95. The fourth-order valence-corrected chi connectivity index (χ4v) is 1.24. The first-order valence-corrected chi connectivity index (χ1v) is 4.02. The van der Waals surface area contributed by atoms with E-state index in [0.29, 0.717) is 0 Å². The molecule has 0 aromatic rings. The van der Waals surface area contributed by atoms with Crippen molar-refractivity contribution in [3.8, 4) is 0 Å². The van der Waals surface area contributed by atoms with Crippen molar-refractivity contribution >= 4 is 5.91 Å². The molecule has 1 rings (SSSR count). The van der Waals surface area contributed by atoms with Crippen molar-refractivity contribution in [2.24, 2.45) is 0 Å². The molecule has 0 aromatic carbocycles. The summed E-state index contributed by atoms with van der Waals surface area (Å²) in [6, 6.07) is -0.629. The van der Waals surface area contributed by atoms with Gasteiger partial charge in [0.1, 0.15) is 18.3 Å².